The first-order valence-corrected chi connectivity index (χ1v) is 8.78. The van der Waals surface area contributed by atoms with Crippen molar-refractivity contribution in [2.75, 3.05) is 7.11 Å². The van der Waals surface area contributed by atoms with E-state index in [2.05, 4.69) is 0 Å². The Bertz CT molecular complexity index is 798. The van der Waals surface area contributed by atoms with Crippen LogP contribution in [0.15, 0.2) is 42.5 Å². The first kappa shape index (κ1) is 20.2. The van der Waals surface area contributed by atoms with Gasteiger partial charge in [-0.25, -0.2) is 8.78 Å². The highest BCUT2D eigenvalue weighted by atomic mass is 32.1. The van der Waals surface area contributed by atoms with Crippen LogP contribution < -0.4 is 4.74 Å². The largest absolute Gasteiger partial charge is 0.494 e. The molecule has 138 valence electrons. The molecule has 2 nitrogen and oxygen atoms in total. The Hall–Kier alpha value is -2.14. The van der Waals surface area contributed by atoms with E-state index in [1.807, 2.05) is 13.8 Å². The topological polar surface area (TPSA) is 26.3 Å². The number of Topliss-reactive ketones (excluding diaryl/α,β-unsaturated/α-hetero) is 1. The number of methoxy groups -OCH3 is 1. The molecule has 0 unspecified atom stereocenters. The van der Waals surface area contributed by atoms with Crippen LogP contribution in [-0.4, -0.2) is 17.8 Å². The van der Waals surface area contributed by atoms with E-state index in [0.717, 1.165) is 10.4 Å². The number of rotatable bonds is 8. The molecule has 2 aromatic rings. The number of halogens is 2. The quantitative estimate of drug-likeness (QED) is 0.592. The van der Waals surface area contributed by atoms with E-state index in [-0.39, 0.29) is 17.3 Å². The summed E-state index contributed by atoms with van der Waals surface area (Å²) in [7, 11) is 1.39. The molecule has 0 bridgehead atoms. The lowest BCUT2D eigenvalue weighted by Gasteiger charge is -2.24. The van der Waals surface area contributed by atoms with Crippen LogP contribution in [0.25, 0.3) is 0 Å². The lowest BCUT2D eigenvalue weighted by Crippen LogP contribution is -2.29. The van der Waals surface area contributed by atoms with Gasteiger partial charge in [0.05, 0.1) is 7.11 Å². The van der Waals surface area contributed by atoms with Crippen LogP contribution in [0.3, 0.4) is 0 Å². The molecule has 0 fully saturated rings. The van der Waals surface area contributed by atoms with Gasteiger partial charge >= 0.3 is 0 Å². The van der Waals surface area contributed by atoms with Crippen LogP contribution in [-0.2, 0) is 16.6 Å². The monoisotopic (exact) mass is 376 g/mol. The van der Waals surface area contributed by atoms with Gasteiger partial charge in [-0.2, -0.15) is 0 Å². The summed E-state index contributed by atoms with van der Waals surface area (Å²) in [4.78, 5) is 13.5. The molecule has 0 spiro atoms. The predicted molar refractivity (Wildman–Crippen MR) is 103 cm³/mol. The molecule has 0 N–H and O–H groups in total. The summed E-state index contributed by atoms with van der Waals surface area (Å²) in [6, 6.07) is 10.7. The third-order valence-corrected chi connectivity index (χ3v) is 4.86. The van der Waals surface area contributed by atoms with Gasteiger partial charge in [0.1, 0.15) is 11.6 Å². The Kier molecular flexibility index (Phi) is 6.59. The summed E-state index contributed by atoms with van der Waals surface area (Å²) < 4.78 is 31.5. The molecule has 0 saturated carbocycles. The lowest BCUT2D eigenvalue weighted by atomic mass is 9.78. The SMILES string of the molecule is COc1cc(C(C)(C)C(=O)CCC(=S)Cc2ccc(F)cc2)ccc1F. The van der Waals surface area contributed by atoms with E-state index in [9.17, 15) is 13.6 Å². The van der Waals surface area contributed by atoms with Crippen molar-refractivity contribution in [2.24, 2.45) is 0 Å². The number of hydrogen-bond acceptors (Lipinski definition) is 3. The molecule has 0 aliphatic carbocycles. The van der Waals surface area contributed by atoms with E-state index in [1.165, 1.54) is 25.3 Å². The molecular formula is C21H22F2O2S. The zero-order valence-electron chi connectivity index (χ0n) is 15.1. The van der Waals surface area contributed by atoms with Gasteiger partial charge in [0.15, 0.2) is 11.6 Å². The van der Waals surface area contributed by atoms with E-state index < -0.39 is 11.2 Å². The first-order chi connectivity index (χ1) is 12.2. The summed E-state index contributed by atoms with van der Waals surface area (Å²) in [6.07, 6.45) is 1.31. The van der Waals surface area contributed by atoms with Crippen molar-refractivity contribution in [3.63, 3.8) is 0 Å². The fourth-order valence-corrected chi connectivity index (χ4v) is 2.96. The summed E-state index contributed by atoms with van der Waals surface area (Å²) in [5.41, 5.74) is 0.850. The van der Waals surface area contributed by atoms with Crippen molar-refractivity contribution in [3.05, 3.63) is 65.2 Å². The van der Waals surface area contributed by atoms with Gasteiger partial charge in [-0.05, 0) is 60.5 Å². The average molecular weight is 376 g/mol. The molecule has 2 aromatic carbocycles. The van der Waals surface area contributed by atoms with E-state index in [4.69, 9.17) is 17.0 Å². The Morgan fingerprint density at radius 2 is 1.73 bits per heavy atom. The van der Waals surface area contributed by atoms with Crippen LogP contribution in [0.1, 0.15) is 37.8 Å². The van der Waals surface area contributed by atoms with Crippen molar-refractivity contribution in [1.82, 2.24) is 0 Å². The maximum atomic E-state index is 13.6. The molecule has 0 atom stereocenters. The Morgan fingerprint density at radius 3 is 2.35 bits per heavy atom. The molecule has 0 aliphatic rings. The molecule has 2 rings (SSSR count). The summed E-state index contributed by atoms with van der Waals surface area (Å²) >= 11 is 5.37. The number of carbonyl (C=O) groups excluding carboxylic acids is 1. The molecule has 0 heterocycles. The van der Waals surface area contributed by atoms with Crippen molar-refractivity contribution >= 4 is 22.9 Å². The Labute approximate surface area is 158 Å². The van der Waals surface area contributed by atoms with E-state index in [1.54, 1.807) is 24.3 Å². The zero-order valence-corrected chi connectivity index (χ0v) is 16.0. The second kappa shape index (κ2) is 8.49. The number of benzene rings is 2. The maximum absolute atomic E-state index is 13.6. The molecular weight excluding hydrogens is 354 g/mol. The van der Waals surface area contributed by atoms with Crippen LogP contribution >= 0.6 is 12.2 Å². The molecule has 0 saturated heterocycles. The van der Waals surface area contributed by atoms with Crippen LogP contribution in [0, 0.1) is 11.6 Å². The van der Waals surface area contributed by atoms with Gasteiger partial charge in [-0.3, -0.25) is 4.79 Å². The fraction of sp³-hybridized carbons (Fsp3) is 0.333. The molecule has 0 aromatic heterocycles. The third kappa shape index (κ3) is 4.94. The van der Waals surface area contributed by atoms with Crippen molar-refractivity contribution in [1.29, 1.82) is 0 Å². The number of ketones is 1. The predicted octanol–water partition coefficient (Wildman–Crippen LogP) is 5.21. The van der Waals surface area contributed by atoms with Gasteiger partial charge in [-0.15, -0.1) is 0 Å². The van der Waals surface area contributed by atoms with Gasteiger partial charge in [-0.1, -0.05) is 30.4 Å². The standard InChI is InChI=1S/C21H22F2O2S/c1-21(2,15-6-10-18(23)19(13-15)25-3)20(24)11-9-17(26)12-14-4-7-16(22)8-5-14/h4-8,10,13H,9,11-12H2,1-3H3. The number of carbonyl (C=O) groups is 1. The average Bonchev–Trinajstić information content (AvgIpc) is 2.61. The van der Waals surface area contributed by atoms with Crippen molar-refractivity contribution in [2.45, 2.75) is 38.5 Å². The fourth-order valence-electron chi connectivity index (χ4n) is 2.69. The number of hydrogen-bond donors (Lipinski definition) is 0. The molecule has 26 heavy (non-hydrogen) atoms. The minimum absolute atomic E-state index is 0.0209. The Balaban J connectivity index is 1.99. The van der Waals surface area contributed by atoms with Crippen molar-refractivity contribution in [3.8, 4) is 5.75 Å². The minimum Gasteiger partial charge on any atom is -0.494 e. The molecule has 0 radical (unpaired) electrons. The Morgan fingerprint density at radius 1 is 1.08 bits per heavy atom. The van der Waals surface area contributed by atoms with Gasteiger partial charge in [0.2, 0.25) is 0 Å². The first-order valence-electron chi connectivity index (χ1n) is 8.37. The lowest BCUT2D eigenvalue weighted by molar-refractivity contribution is -0.123. The smallest absolute Gasteiger partial charge is 0.165 e. The number of thiocarbonyl (C=S) groups is 1. The van der Waals surface area contributed by atoms with E-state index in [0.29, 0.717) is 24.8 Å². The maximum Gasteiger partial charge on any atom is 0.165 e. The zero-order chi connectivity index (χ0) is 19.3. The third-order valence-electron chi connectivity index (χ3n) is 4.52. The summed E-state index contributed by atoms with van der Waals surface area (Å²) in [5.74, 6) is -0.603. The highest BCUT2D eigenvalue weighted by molar-refractivity contribution is 7.80. The van der Waals surface area contributed by atoms with Crippen molar-refractivity contribution < 1.29 is 18.3 Å². The van der Waals surface area contributed by atoms with Crippen LogP contribution in [0.5, 0.6) is 5.75 Å². The molecule has 0 amide bonds. The molecule has 5 heteroatoms. The van der Waals surface area contributed by atoms with E-state index >= 15 is 0 Å². The second-order valence-corrected chi connectivity index (χ2v) is 7.32. The summed E-state index contributed by atoms with van der Waals surface area (Å²) in [6.45, 7) is 3.62. The summed E-state index contributed by atoms with van der Waals surface area (Å²) in [5, 5.41) is 0. The van der Waals surface area contributed by atoms with Crippen LogP contribution in [0.2, 0.25) is 0 Å². The molecule has 0 aliphatic heterocycles. The highest BCUT2D eigenvalue weighted by Gasteiger charge is 2.30. The van der Waals surface area contributed by atoms with Gasteiger partial charge < -0.3 is 4.74 Å². The van der Waals surface area contributed by atoms with Gasteiger partial charge in [0, 0.05) is 18.3 Å². The number of ether oxygens (including phenoxy) is 1. The second-order valence-electron chi connectivity index (χ2n) is 6.74. The minimum atomic E-state index is -0.771. The van der Waals surface area contributed by atoms with Crippen LogP contribution in [0.4, 0.5) is 8.78 Å². The normalized spacial score (nSPS) is 11.3. The van der Waals surface area contributed by atoms with Gasteiger partial charge in [0.25, 0.3) is 0 Å². The highest BCUT2D eigenvalue weighted by Crippen LogP contribution is 2.30.